The average molecular weight is 247 g/mol. The van der Waals surface area contributed by atoms with Crippen LogP contribution in [0.25, 0.3) is 0 Å². The zero-order chi connectivity index (χ0) is 13.0. The number of nitrogens with two attached hydrogens (primary N) is 1. The molecule has 2 N–H and O–H groups in total. The van der Waals surface area contributed by atoms with Gasteiger partial charge < -0.3 is 5.73 Å². The van der Waals surface area contributed by atoms with Crippen molar-refractivity contribution in [3.8, 4) is 6.07 Å². The van der Waals surface area contributed by atoms with E-state index in [1.807, 2.05) is 0 Å². The van der Waals surface area contributed by atoms with E-state index in [1.165, 1.54) is 18.6 Å². The molecule has 18 heavy (non-hydrogen) atoms. The second-order valence-corrected chi connectivity index (χ2v) is 4.89. The van der Waals surface area contributed by atoms with Gasteiger partial charge in [-0.25, -0.2) is 4.39 Å². The topological polar surface area (TPSA) is 53.0 Å². The molecule has 0 radical (unpaired) electrons. The lowest BCUT2D eigenvalue weighted by Gasteiger charge is -2.32. The Morgan fingerprint density at radius 2 is 2.33 bits per heavy atom. The molecule has 1 saturated heterocycles. The minimum atomic E-state index is -0.281. The first kappa shape index (κ1) is 13.0. The summed E-state index contributed by atoms with van der Waals surface area (Å²) in [5.41, 5.74) is 7.03. The molecule has 1 aromatic rings. The van der Waals surface area contributed by atoms with Gasteiger partial charge in [0.15, 0.2) is 0 Å². The van der Waals surface area contributed by atoms with Crippen LogP contribution in [0.4, 0.5) is 4.39 Å². The van der Waals surface area contributed by atoms with E-state index in [2.05, 4.69) is 11.0 Å². The largest absolute Gasteiger partial charge is 0.330 e. The van der Waals surface area contributed by atoms with Gasteiger partial charge in [0, 0.05) is 13.1 Å². The standard InChI is InChI=1S/C14H18FN3/c15-14-4-3-12(8-17)13(6-14)10-18-5-1-2-11(7-16)9-18/h3-4,6,11H,1-2,5,7,9-10,16H2. The lowest BCUT2D eigenvalue weighted by Crippen LogP contribution is -2.38. The highest BCUT2D eigenvalue weighted by Gasteiger charge is 2.19. The molecule has 3 nitrogen and oxygen atoms in total. The van der Waals surface area contributed by atoms with Crippen LogP contribution in [0.1, 0.15) is 24.0 Å². The lowest BCUT2D eigenvalue weighted by molar-refractivity contribution is 0.171. The first-order chi connectivity index (χ1) is 8.72. The van der Waals surface area contributed by atoms with Gasteiger partial charge in [0.25, 0.3) is 0 Å². The Balaban J connectivity index is 2.09. The lowest BCUT2D eigenvalue weighted by atomic mass is 9.97. The number of halogens is 1. The molecule has 4 heteroatoms. The predicted octanol–water partition coefficient (Wildman–Crippen LogP) is 1.87. The summed E-state index contributed by atoms with van der Waals surface area (Å²) in [6, 6.07) is 6.47. The van der Waals surface area contributed by atoms with Crippen molar-refractivity contribution in [1.82, 2.24) is 4.90 Å². The normalized spacial score (nSPS) is 20.6. The molecule has 0 bridgehead atoms. The summed E-state index contributed by atoms with van der Waals surface area (Å²) in [7, 11) is 0. The van der Waals surface area contributed by atoms with Gasteiger partial charge in [-0.3, -0.25) is 4.90 Å². The minimum absolute atomic E-state index is 0.281. The molecule has 1 aromatic carbocycles. The third kappa shape index (κ3) is 3.06. The Bertz CT molecular complexity index is 453. The average Bonchev–Trinajstić information content (AvgIpc) is 2.39. The van der Waals surface area contributed by atoms with Crippen molar-refractivity contribution >= 4 is 0 Å². The quantitative estimate of drug-likeness (QED) is 0.887. The maximum atomic E-state index is 13.2. The maximum absolute atomic E-state index is 13.2. The SMILES string of the molecule is N#Cc1ccc(F)cc1CN1CCCC(CN)C1. The second-order valence-electron chi connectivity index (χ2n) is 4.89. The van der Waals surface area contributed by atoms with Crippen molar-refractivity contribution in [3.05, 3.63) is 35.1 Å². The van der Waals surface area contributed by atoms with Crippen LogP contribution in [0.2, 0.25) is 0 Å². The molecule has 0 aromatic heterocycles. The summed E-state index contributed by atoms with van der Waals surface area (Å²) in [6.07, 6.45) is 2.29. The number of piperidine rings is 1. The van der Waals surface area contributed by atoms with E-state index in [9.17, 15) is 4.39 Å². The maximum Gasteiger partial charge on any atom is 0.123 e. The molecule has 0 spiro atoms. The first-order valence-corrected chi connectivity index (χ1v) is 6.34. The molecule has 96 valence electrons. The molecule has 1 unspecified atom stereocenters. The van der Waals surface area contributed by atoms with Crippen LogP contribution >= 0.6 is 0 Å². The molecule has 2 rings (SSSR count). The highest BCUT2D eigenvalue weighted by Crippen LogP contribution is 2.19. The first-order valence-electron chi connectivity index (χ1n) is 6.34. The highest BCUT2D eigenvalue weighted by molar-refractivity contribution is 5.37. The van der Waals surface area contributed by atoms with E-state index in [1.54, 1.807) is 6.07 Å². The smallest absolute Gasteiger partial charge is 0.123 e. The van der Waals surface area contributed by atoms with Crippen molar-refractivity contribution in [1.29, 1.82) is 5.26 Å². The third-order valence-corrected chi connectivity index (χ3v) is 3.52. The summed E-state index contributed by atoms with van der Waals surface area (Å²) < 4.78 is 13.2. The van der Waals surface area contributed by atoms with Gasteiger partial charge in [0.1, 0.15) is 5.82 Å². The molecule has 1 heterocycles. The van der Waals surface area contributed by atoms with Crippen LogP contribution in [-0.2, 0) is 6.54 Å². The fourth-order valence-corrected chi connectivity index (χ4v) is 2.53. The monoisotopic (exact) mass is 247 g/mol. The van der Waals surface area contributed by atoms with Crippen molar-refractivity contribution < 1.29 is 4.39 Å². The highest BCUT2D eigenvalue weighted by atomic mass is 19.1. The molecular weight excluding hydrogens is 229 g/mol. The van der Waals surface area contributed by atoms with E-state index < -0.39 is 0 Å². The van der Waals surface area contributed by atoms with Gasteiger partial charge in [0.05, 0.1) is 11.6 Å². The third-order valence-electron chi connectivity index (χ3n) is 3.52. The van der Waals surface area contributed by atoms with Crippen LogP contribution in [0.5, 0.6) is 0 Å². The summed E-state index contributed by atoms with van der Waals surface area (Å²) in [6.45, 7) is 3.28. The van der Waals surface area contributed by atoms with Gasteiger partial charge in [0.2, 0.25) is 0 Å². The van der Waals surface area contributed by atoms with Gasteiger partial charge in [-0.15, -0.1) is 0 Å². The number of likely N-dealkylation sites (tertiary alicyclic amines) is 1. The molecule has 0 amide bonds. The van der Waals surface area contributed by atoms with Crippen LogP contribution < -0.4 is 5.73 Å². The Labute approximate surface area is 107 Å². The van der Waals surface area contributed by atoms with E-state index in [4.69, 9.17) is 11.0 Å². The summed E-state index contributed by atoms with van der Waals surface area (Å²) in [5, 5.41) is 9.03. The molecule has 1 fully saturated rings. The van der Waals surface area contributed by atoms with E-state index >= 15 is 0 Å². The van der Waals surface area contributed by atoms with Gasteiger partial charge in [-0.1, -0.05) is 0 Å². The second kappa shape index (κ2) is 5.94. The molecule has 1 aliphatic heterocycles. The molecule has 0 aliphatic carbocycles. The van der Waals surface area contributed by atoms with Crippen LogP contribution in [0.15, 0.2) is 18.2 Å². The Morgan fingerprint density at radius 1 is 1.50 bits per heavy atom. The van der Waals surface area contributed by atoms with Crippen molar-refractivity contribution in [2.75, 3.05) is 19.6 Å². The Hall–Kier alpha value is -1.44. The molecular formula is C14H18FN3. The van der Waals surface area contributed by atoms with E-state index in [0.717, 1.165) is 25.1 Å². The van der Waals surface area contributed by atoms with Gasteiger partial charge in [-0.2, -0.15) is 5.26 Å². The van der Waals surface area contributed by atoms with Crippen LogP contribution in [0.3, 0.4) is 0 Å². The molecule has 0 saturated carbocycles. The van der Waals surface area contributed by atoms with Crippen molar-refractivity contribution in [3.63, 3.8) is 0 Å². The number of nitriles is 1. The Kier molecular flexibility index (Phi) is 4.29. The molecule has 1 aliphatic rings. The fourth-order valence-electron chi connectivity index (χ4n) is 2.53. The summed E-state index contributed by atoms with van der Waals surface area (Å²) >= 11 is 0. The van der Waals surface area contributed by atoms with Gasteiger partial charge in [-0.05, 0) is 55.6 Å². The fraction of sp³-hybridized carbons (Fsp3) is 0.500. The molecule has 1 atom stereocenters. The Morgan fingerprint density at radius 3 is 3.06 bits per heavy atom. The summed E-state index contributed by atoms with van der Waals surface area (Å²) in [5.74, 6) is 0.245. The summed E-state index contributed by atoms with van der Waals surface area (Å²) in [4.78, 5) is 2.26. The number of nitrogens with zero attached hydrogens (tertiary/aromatic N) is 2. The van der Waals surface area contributed by atoms with Crippen LogP contribution in [-0.4, -0.2) is 24.5 Å². The zero-order valence-electron chi connectivity index (χ0n) is 10.4. The number of hydrogen-bond acceptors (Lipinski definition) is 3. The number of hydrogen-bond donors (Lipinski definition) is 1. The van der Waals surface area contributed by atoms with Crippen molar-refractivity contribution in [2.24, 2.45) is 11.7 Å². The van der Waals surface area contributed by atoms with Crippen LogP contribution in [0, 0.1) is 23.1 Å². The zero-order valence-corrected chi connectivity index (χ0v) is 10.4. The minimum Gasteiger partial charge on any atom is -0.330 e. The number of benzene rings is 1. The van der Waals surface area contributed by atoms with E-state index in [0.29, 0.717) is 24.6 Å². The van der Waals surface area contributed by atoms with Gasteiger partial charge >= 0.3 is 0 Å². The number of rotatable bonds is 3. The van der Waals surface area contributed by atoms with E-state index in [-0.39, 0.29) is 5.82 Å². The predicted molar refractivity (Wildman–Crippen MR) is 68.2 cm³/mol. The van der Waals surface area contributed by atoms with Crippen molar-refractivity contribution in [2.45, 2.75) is 19.4 Å².